The number of ether oxygens (including phenoxy) is 6. The predicted molar refractivity (Wildman–Crippen MR) is 191 cm³/mol. The molecule has 3 fully saturated rings. The van der Waals surface area contributed by atoms with E-state index in [1.807, 2.05) is 25.2 Å². The minimum atomic E-state index is -1.83. The highest BCUT2D eigenvalue weighted by atomic mass is 16.7. The molecule has 13 heteroatoms. The molecule has 3 unspecified atom stereocenters. The Labute approximate surface area is 311 Å². The Bertz CT molecular complexity index is 1470. The summed E-state index contributed by atoms with van der Waals surface area (Å²) in [5.41, 5.74) is -0.0168. The Morgan fingerprint density at radius 3 is 2.57 bits per heavy atom. The van der Waals surface area contributed by atoms with Crippen molar-refractivity contribution < 1.29 is 63.9 Å². The van der Waals surface area contributed by atoms with Crippen LogP contribution in [-0.2, 0) is 33.2 Å². The molecule has 0 aromatic carbocycles. The maximum absolute atomic E-state index is 14.2. The number of carbonyl (C=O) groups is 1. The van der Waals surface area contributed by atoms with E-state index in [0.29, 0.717) is 30.4 Å². The lowest BCUT2D eigenvalue weighted by molar-refractivity contribution is -0.300. The summed E-state index contributed by atoms with van der Waals surface area (Å²) < 4.78 is 37.4. The van der Waals surface area contributed by atoms with E-state index in [1.165, 1.54) is 0 Å². The molecule has 0 amide bonds. The summed E-state index contributed by atoms with van der Waals surface area (Å²) >= 11 is 0. The quantitative estimate of drug-likeness (QED) is 0.171. The fourth-order valence-corrected chi connectivity index (χ4v) is 8.59. The summed E-state index contributed by atoms with van der Waals surface area (Å²) in [4.78, 5) is 14.2. The van der Waals surface area contributed by atoms with Gasteiger partial charge in [-0.2, -0.15) is 0 Å². The number of carbonyl (C=O) groups excluding carboxylic acids is 1. The van der Waals surface area contributed by atoms with Crippen LogP contribution >= 0.6 is 0 Å². The third kappa shape index (κ3) is 8.17. The Morgan fingerprint density at radius 2 is 1.83 bits per heavy atom. The van der Waals surface area contributed by atoms with E-state index in [-0.39, 0.29) is 43.5 Å². The van der Waals surface area contributed by atoms with Gasteiger partial charge >= 0.3 is 5.97 Å². The van der Waals surface area contributed by atoms with Crippen LogP contribution < -0.4 is 0 Å². The Hall–Kier alpha value is -2.27. The highest BCUT2D eigenvalue weighted by Crippen LogP contribution is 2.47. The van der Waals surface area contributed by atoms with Crippen LogP contribution in [0.1, 0.15) is 66.7 Å². The molecule has 1 spiro atoms. The molecule has 3 saturated heterocycles. The van der Waals surface area contributed by atoms with Gasteiger partial charge in [-0.1, -0.05) is 70.6 Å². The molecule has 0 saturated carbocycles. The Kier molecular flexibility index (Phi) is 12.5. The molecule has 2 bridgehead atoms. The van der Waals surface area contributed by atoms with Crippen LogP contribution in [0.2, 0.25) is 0 Å². The van der Waals surface area contributed by atoms with E-state index >= 15 is 0 Å². The molecule has 0 aromatic rings. The zero-order chi connectivity index (χ0) is 38.2. The van der Waals surface area contributed by atoms with E-state index in [2.05, 4.69) is 26.8 Å². The van der Waals surface area contributed by atoms with Gasteiger partial charge in [0.25, 0.3) is 0 Å². The second-order valence-electron chi connectivity index (χ2n) is 16.0. The van der Waals surface area contributed by atoms with Gasteiger partial charge in [0.15, 0.2) is 12.1 Å². The molecular formula is C40H58O13. The van der Waals surface area contributed by atoms with Crippen LogP contribution in [-0.4, -0.2) is 129 Å². The number of allylic oxidation sites excluding steroid dienone is 3. The molecule has 6 N–H and O–H groups in total. The maximum atomic E-state index is 14.2. The molecule has 0 radical (unpaired) electrons. The average molecular weight is 747 g/mol. The highest BCUT2D eigenvalue weighted by molar-refractivity contribution is 5.78. The van der Waals surface area contributed by atoms with Crippen molar-refractivity contribution >= 4 is 5.97 Å². The van der Waals surface area contributed by atoms with Crippen molar-refractivity contribution in [3.8, 4) is 0 Å². The van der Waals surface area contributed by atoms with Crippen molar-refractivity contribution in [2.45, 2.75) is 139 Å². The van der Waals surface area contributed by atoms with Gasteiger partial charge in [-0.15, -0.1) is 0 Å². The Morgan fingerprint density at radius 1 is 1.06 bits per heavy atom. The second kappa shape index (κ2) is 16.4. The predicted octanol–water partition coefficient (Wildman–Crippen LogP) is 2.13. The zero-order valence-corrected chi connectivity index (χ0v) is 31.3. The van der Waals surface area contributed by atoms with Crippen LogP contribution in [0.5, 0.6) is 0 Å². The third-order valence-corrected chi connectivity index (χ3v) is 11.9. The molecule has 296 valence electrons. The molecule has 13 nitrogen and oxygen atoms in total. The number of hydrogen-bond acceptors (Lipinski definition) is 13. The fourth-order valence-electron chi connectivity index (χ4n) is 8.59. The summed E-state index contributed by atoms with van der Waals surface area (Å²) in [5, 5.41) is 64.1. The van der Waals surface area contributed by atoms with Gasteiger partial charge in [0.05, 0.1) is 32.0 Å². The number of hydrogen-bond donors (Lipinski definition) is 6. The third-order valence-electron chi connectivity index (χ3n) is 11.9. The van der Waals surface area contributed by atoms with E-state index in [9.17, 15) is 35.4 Å². The van der Waals surface area contributed by atoms with Crippen molar-refractivity contribution in [1.29, 1.82) is 0 Å². The number of rotatable bonds is 6. The van der Waals surface area contributed by atoms with Gasteiger partial charge in [0.1, 0.15) is 54.2 Å². The smallest absolute Gasteiger partial charge is 0.316 e. The summed E-state index contributed by atoms with van der Waals surface area (Å²) in [6, 6.07) is 0. The Balaban J connectivity index is 1.34. The van der Waals surface area contributed by atoms with Crippen molar-refractivity contribution in [2.75, 3.05) is 19.8 Å². The first-order valence-corrected chi connectivity index (χ1v) is 19.1. The first-order chi connectivity index (χ1) is 25.2. The monoisotopic (exact) mass is 746 g/mol. The number of fused-ring (bicyclic) bond motifs is 2. The molecule has 6 rings (SSSR count). The number of aliphatic hydroxyl groups excluding tert-OH is 5. The highest BCUT2D eigenvalue weighted by Gasteiger charge is 2.60. The second-order valence-corrected chi connectivity index (χ2v) is 16.0. The van der Waals surface area contributed by atoms with E-state index in [4.69, 9.17) is 28.4 Å². The SMILES string of the molecule is CC[C@H](C)[C@H]1OC2(C=CC1C)C[C@@H]1C[C@@H](C/C=C(\CO[C@H]3O[C@H](CO)[C@@H](O)[C@H](O)[C@H]3O)C[C@@H](C)/C=C/C=C3\CO[C@@H]4C(O)C(C)=C[C@@H](C(=O)O1)[C@]34O)O2. The van der Waals surface area contributed by atoms with E-state index in [0.717, 1.165) is 12.0 Å². The van der Waals surface area contributed by atoms with Gasteiger partial charge in [0, 0.05) is 18.8 Å². The van der Waals surface area contributed by atoms with Crippen LogP contribution in [0.25, 0.3) is 0 Å². The van der Waals surface area contributed by atoms with Gasteiger partial charge in [0.2, 0.25) is 0 Å². The van der Waals surface area contributed by atoms with Gasteiger partial charge < -0.3 is 59.1 Å². The van der Waals surface area contributed by atoms with Crippen LogP contribution in [0.3, 0.4) is 0 Å². The van der Waals surface area contributed by atoms with Crippen molar-refractivity contribution in [2.24, 2.45) is 23.7 Å². The van der Waals surface area contributed by atoms with E-state index in [1.54, 1.807) is 25.2 Å². The lowest BCUT2D eigenvalue weighted by Gasteiger charge is -2.48. The largest absolute Gasteiger partial charge is 0.462 e. The van der Waals surface area contributed by atoms with Gasteiger partial charge in [-0.25, -0.2) is 0 Å². The molecule has 5 aliphatic heterocycles. The molecule has 1 aliphatic carbocycles. The van der Waals surface area contributed by atoms with Crippen LogP contribution in [0.4, 0.5) is 0 Å². The summed E-state index contributed by atoms with van der Waals surface area (Å²) in [5.74, 6) is -2.56. The van der Waals surface area contributed by atoms with Gasteiger partial charge in [-0.05, 0) is 54.4 Å². The first kappa shape index (κ1) is 40.4. The molecule has 6 aliphatic rings. The number of esters is 1. The van der Waals surface area contributed by atoms with E-state index < -0.39 is 85.0 Å². The summed E-state index contributed by atoms with van der Waals surface area (Å²) in [6.45, 7) is 9.56. The molecule has 16 atom stereocenters. The fraction of sp³-hybridized carbons (Fsp3) is 0.725. The minimum absolute atomic E-state index is 0.00275. The number of aliphatic hydroxyl groups is 6. The van der Waals surface area contributed by atoms with Crippen molar-refractivity contribution in [3.05, 3.63) is 59.3 Å². The van der Waals surface area contributed by atoms with Crippen LogP contribution in [0.15, 0.2) is 59.3 Å². The topological polar surface area (TPSA) is 194 Å². The minimum Gasteiger partial charge on any atom is -0.462 e. The maximum Gasteiger partial charge on any atom is 0.316 e. The normalized spacial score (nSPS) is 48.1. The first-order valence-electron chi connectivity index (χ1n) is 19.1. The molecular weight excluding hydrogens is 688 g/mol. The zero-order valence-electron chi connectivity index (χ0n) is 31.3. The summed E-state index contributed by atoms with van der Waals surface area (Å²) in [7, 11) is 0. The van der Waals surface area contributed by atoms with Crippen molar-refractivity contribution in [3.63, 3.8) is 0 Å². The molecule has 0 aromatic heterocycles. The lowest BCUT2D eigenvalue weighted by atomic mass is 9.71. The molecule has 53 heavy (non-hydrogen) atoms. The van der Waals surface area contributed by atoms with Gasteiger partial charge in [-0.3, -0.25) is 4.79 Å². The standard InChI is InChI=1S/C40H58O13/c1-6-22(3)35-23(4)12-13-39(53-35)17-28-16-27(52-39)11-10-25(19-49-38-34(45)33(44)32(43)30(18-41)51-38)14-21(2)8-7-9-26-20-48-36-31(42)24(5)15-29(37(46)50-28)40(26,36)47/h7-10,12-13,15,21-23,27-36,38,41-45,47H,6,11,14,16-20H2,1-5H3/b8-7+,25-10-,26-9+/t21-,22-,23?,27+,28-,29-,30+,31?,32+,33-,34+,35+,36+,38-,39?,40+/m0/s1. The summed E-state index contributed by atoms with van der Waals surface area (Å²) in [6.07, 6.45) is 5.16. The van der Waals surface area contributed by atoms with Crippen LogP contribution in [0, 0.1) is 23.7 Å². The lowest BCUT2D eigenvalue weighted by Crippen LogP contribution is -2.59. The van der Waals surface area contributed by atoms with Crippen molar-refractivity contribution in [1.82, 2.24) is 0 Å². The molecule has 5 heterocycles. The average Bonchev–Trinajstić information content (AvgIpc) is 3.47.